The fourth-order valence-electron chi connectivity index (χ4n) is 2.11. The highest BCUT2D eigenvalue weighted by atomic mass is 15.1. The molecule has 94 valence electrons. The Bertz CT molecular complexity index is 348. The molecule has 1 N–H and O–H groups in total. The number of nitrogens with zero attached hydrogens (tertiary/aromatic N) is 3. The summed E-state index contributed by atoms with van der Waals surface area (Å²) in [7, 11) is 1.86. The van der Waals surface area contributed by atoms with Gasteiger partial charge in [0.1, 0.15) is 5.82 Å². The van der Waals surface area contributed by atoms with E-state index in [1.165, 1.54) is 25.9 Å². The van der Waals surface area contributed by atoms with Crippen molar-refractivity contribution in [2.75, 3.05) is 25.5 Å². The van der Waals surface area contributed by atoms with Crippen molar-refractivity contribution in [3.05, 3.63) is 18.1 Å². The summed E-state index contributed by atoms with van der Waals surface area (Å²) in [4.78, 5) is 11.2. The van der Waals surface area contributed by atoms with E-state index < -0.39 is 0 Å². The van der Waals surface area contributed by atoms with Crippen molar-refractivity contribution in [1.82, 2.24) is 14.9 Å². The van der Waals surface area contributed by atoms with Crippen LogP contribution in [-0.2, 0) is 6.54 Å². The molecule has 0 aromatic carbocycles. The summed E-state index contributed by atoms with van der Waals surface area (Å²) in [5, 5.41) is 2.98. The van der Waals surface area contributed by atoms with Crippen LogP contribution in [0.5, 0.6) is 0 Å². The maximum absolute atomic E-state index is 4.41. The van der Waals surface area contributed by atoms with Crippen LogP contribution in [0.3, 0.4) is 0 Å². The van der Waals surface area contributed by atoms with Crippen LogP contribution in [0.15, 0.2) is 12.4 Å². The van der Waals surface area contributed by atoms with Gasteiger partial charge in [-0.2, -0.15) is 0 Å². The molecule has 1 saturated heterocycles. The molecule has 17 heavy (non-hydrogen) atoms. The molecule has 0 unspecified atom stereocenters. The average Bonchev–Trinajstić information content (AvgIpc) is 2.33. The Kier molecular flexibility index (Phi) is 3.62. The summed E-state index contributed by atoms with van der Waals surface area (Å²) in [6.45, 7) is 7.97. The monoisotopic (exact) mass is 234 g/mol. The van der Waals surface area contributed by atoms with E-state index in [0.717, 1.165) is 18.1 Å². The fourth-order valence-corrected chi connectivity index (χ4v) is 2.11. The molecule has 0 amide bonds. The van der Waals surface area contributed by atoms with Crippen LogP contribution in [0.4, 0.5) is 5.82 Å². The molecule has 4 heteroatoms. The molecule has 0 aliphatic carbocycles. The summed E-state index contributed by atoms with van der Waals surface area (Å²) in [6.07, 6.45) is 6.21. The third-order valence-electron chi connectivity index (χ3n) is 3.56. The molecule has 1 aromatic heterocycles. The Morgan fingerprint density at radius 3 is 2.47 bits per heavy atom. The van der Waals surface area contributed by atoms with Crippen LogP contribution in [0.1, 0.15) is 32.4 Å². The minimum Gasteiger partial charge on any atom is -0.372 e. The lowest BCUT2D eigenvalue weighted by Crippen LogP contribution is -2.36. The van der Waals surface area contributed by atoms with Gasteiger partial charge in [-0.05, 0) is 31.3 Å². The van der Waals surface area contributed by atoms with E-state index in [1.807, 2.05) is 13.2 Å². The molecule has 1 aliphatic heterocycles. The van der Waals surface area contributed by atoms with Crippen LogP contribution in [0, 0.1) is 5.41 Å². The molecule has 0 atom stereocenters. The first kappa shape index (κ1) is 12.3. The number of piperidine rings is 1. The van der Waals surface area contributed by atoms with Gasteiger partial charge >= 0.3 is 0 Å². The first-order valence-electron chi connectivity index (χ1n) is 6.30. The van der Waals surface area contributed by atoms with Crippen LogP contribution in [-0.4, -0.2) is 35.0 Å². The van der Waals surface area contributed by atoms with E-state index in [4.69, 9.17) is 0 Å². The average molecular weight is 234 g/mol. The topological polar surface area (TPSA) is 41.1 Å². The minimum atomic E-state index is 0.512. The summed E-state index contributed by atoms with van der Waals surface area (Å²) in [5.74, 6) is 0.827. The zero-order valence-corrected chi connectivity index (χ0v) is 11.0. The molecule has 0 radical (unpaired) electrons. The number of hydrogen-bond donors (Lipinski definition) is 1. The van der Waals surface area contributed by atoms with E-state index in [-0.39, 0.29) is 0 Å². The Morgan fingerprint density at radius 2 is 1.94 bits per heavy atom. The molecular formula is C13H22N4. The molecule has 1 aliphatic rings. The maximum Gasteiger partial charge on any atom is 0.144 e. The van der Waals surface area contributed by atoms with Crippen LogP contribution in [0.2, 0.25) is 0 Å². The van der Waals surface area contributed by atoms with Gasteiger partial charge in [0.2, 0.25) is 0 Å². The second kappa shape index (κ2) is 5.00. The predicted molar refractivity (Wildman–Crippen MR) is 69.9 cm³/mol. The van der Waals surface area contributed by atoms with Gasteiger partial charge in [0.25, 0.3) is 0 Å². The van der Waals surface area contributed by atoms with E-state index in [2.05, 4.69) is 34.0 Å². The van der Waals surface area contributed by atoms with Crippen LogP contribution >= 0.6 is 0 Å². The third kappa shape index (κ3) is 3.40. The molecule has 2 heterocycles. The Balaban J connectivity index is 1.89. The highest BCUT2D eigenvalue weighted by Crippen LogP contribution is 2.30. The van der Waals surface area contributed by atoms with Gasteiger partial charge in [-0.25, -0.2) is 4.98 Å². The molecule has 1 fully saturated rings. The third-order valence-corrected chi connectivity index (χ3v) is 3.56. The lowest BCUT2D eigenvalue weighted by Gasteiger charge is -2.36. The number of likely N-dealkylation sites (tertiary alicyclic amines) is 1. The molecule has 4 nitrogen and oxygen atoms in total. The number of rotatable bonds is 3. The van der Waals surface area contributed by atoms with Crippen molar-refractivity contribution < 1.29 is 0 Å². The Labute approximate surface area is 103 Å². The largest absolute Gasteiger partial charge is 0.372 e. The molecule has 0 spiro atoms. The number of aromatic nitrogens is 2. The van der Waals surface area contributed by atoms with Gasteiger partial charge in [-0.15, -0.1) is 0 Å². The second-order valence-electron chi connectivity index (χ2n) is 5.58. The number of anilines is 1. The van der Waals surface area contributed by atoms with Crippen molar-refractivity contribution in [2.45, 2.75) is 33.2 Å². The normalized spacial score (nSPS) is 20.2. The molecular weight excluding hydrogens is 212 g/mol. The van der Waals surface area contributed by atoms with E-state index in [9.17, 15) is 0 Å². The fraction of sp³-hybridized carbons (Fsp3) is 0.692. The first-order valence-corrected chi connectivity index (χ1v) is 6.30. The van der Waals surface area contributed by atoms with Crippen molar-refractivity contribution >= 4 is 5.82 Å². The second-order valence-corrected chi connectivity index (χ2v) is 5.58. The smallest absolute Gasteiger partial charge is 0.144 e. The van der Waals surface area contributed by atoms with Gasteiger partial charge in [-0.3, -0.25) is 9.88 Å². The Morgan fingerprint density at radius 1 is 1.24 bits per heavy atom. The maximum atomic E-state index is 4.41. The standard InChI is InChI=1S/C13H22N4/c1-13(2)4-6-17(7-5-13)10-11-8-16-12(14-3)9-15-11/h8-9H,4-7,10H2,1-3H3,(H,14,16). The van der Waals surface area contributed by atoms with Crippen LogP contribution in [0.25, 0.3) is 0 Å². The summed E-state index contributed by atoms with van der Waals surface area (Å²) < 4.78 is 0. The summed E-state index contributed by atoms with van der Waals surface area (Å²) in [6, 6.07) is 0. The molecule has 0 saturated carbocycles. The highest BCUT2D eigenvalue weighted by Gasteiger charge is 2.25. The quantitative estimate of drug-likeness (QED) is 0.870. The van der Waals surface area contributed by atoms with Gasteiger partial charge < -0.3 is 5.32 Å². The van der Waals surface area contributed by atoms with E-state index in [0.29, 0.717) is 5.41 Å². The highest BCUT2D eigenvalue weighted by molar-refractivity contribution is 5.29. The minimum absolute atomic E-state index is 0.512. The number of nitrogens with one attached hydrogen (secondary N) is 1. The van der Waals surface area contributed by atoms with Crippen molar-refractivity contribution in [2.24, 2.45) is 5.41 Å². The molecule has 0 bridgehead atoms. The van der Waals surface area contributed by atoms with Gasteiger partial charge in [0.15, 0.2) is 0 Å². The predicted octanol–water partition coefficient (Wildman–Crippen LogP) is 2.14. The first-order chi connectivity index (χ1) is 8.09. The summed E-state index contributed by atoms with van der Waals surface area (Å²) >= 11 is 0. The zero-order chi connectivity index (χ0) is 12.3. The zero-order valence-electron chi connectivity index (χ0n) is 11.0. The van der Waals surface area contributed by atoms with E-state index >= 15 is 0 Å². The van der Waals surface area contributed by atoms with Crippen molar-refractivity contribution in [3.63, 3.8) is 0 Å². The SMILES string of the molecule is CNc1cnc(CN2CCC(C)(C)CC2)cn1. The van der Waals surface area contributed by atoms with Gasteiger partial charge in [0, 0.05) is 13.6 Å². The summed E-state index contributed by atoms with van der Waals surface area (Å²) in [5.41, 5.74) is 1.57. The molecule has 1 aromatic rings. The lowest BCUT2D eigenvalue weighted by molar-refractivity contribution is 0.126. The van der Waals surface area contributed by atoms with Crippen LogP contribution < -0.4 is 5.32 Å². The van der Waals surface area contributed by atoms with Gasteiger partial charge in [-0.1, -0.05) is 13.8 Å². The van der Waals surface area contributed by atoms with E-state index in [1.54, 1.807) is 6.20 Å². The van der Waals surface area contributed by atoms with Crippen molar-refractivity contribution in [3.8, 4) is 0 Å². The number of hydrogen-bond acceptors (Lipinski definition) is 4. The van der Waals surface area contributed by atoms with Crippen molar-refractivity contribution in [1.29, 1.82) is 0 Å². The lowest BCUT2D eigenvalue weighted by atomic mass is 9.83. The molecule has 2 rings (SSSR count). The van der Waals surface area contributed by atoms with Gasteiger partial charge in [0.05, 0.1) is 18.1 Å². The Hall–Kier alpha value is -1.16.